The van der Waals surface area contributed by atoms with Crippen molar-refractivity contribution in [3.05, 3.63) is 64.2 Å². The van der Waals surface area contributed by atoms with Gasteiger partial charge in [-0.25, -0.2) is 15.0 Å². The first-order valence-electron chi connectivity index (χ1n) is 11.4. The Hall–Kier alpha value is -3.35. The van der Waals surface area contributed by atoms with Gasteiger partial charge in [0.2, 0.25) is 5.91 Å². The molecule has 1 aliphatic heterocycles. The van der Waals surface area contributed by atoms with E-state index >= 15 is 0 Å². The van der Waals surface area contributed by atoms with Gasteiger partial charge in [-0.15, -0.1) is 0 Å². The van der Waals surface area contributed by atoms with Crippen LogP contribution in [0.5, 0.6) is 0 Å². The zero-order valence-electron chi connectivity index (χ0n) is 19.9. The van der Waals surface area contributed by atoms with Gasteiger partial charge in [-0.05, 0) is 24.6 Å². The van der Waals surface area contributed by atoms with Gasteiger partial charge in [0.25, 0.3) is 0 Å². The van der Waals surface area contributed by atoms with Gasteiger partial charge in [-0.1, -0.05) is 40.9 Å². The summed E-state index contributed by atoms with van der Waals surface area (Å²) in [6.07, 6.45) is 1.07. The third kappa shape index (κ3) is 4.83. The van der Waals surface area contributed by atoms with Gasteiger partial charge >= 0.3 is 0 Å². The minimum absolute atomic E-state index is 0.318. The smallest absolute Gasteiger partial charge is 0.239 e. The number of aliphatic hydroxyl groups excluding tert-OH is 2. The highest BCUT2D eigenvalue weighted by atomic mass is 35.5. The number of anilines is 1. The second-order valence-electron chi connectivity index (χ2n) is 8.74. The molecule has 1 amide bonds. The Bertz CT molecular complexity index is 1480. The van der Waals surface area contributed by atoms with E-state index in [1.54, 1.807) is 16.8 Å². The van der Waals surface area contributed by atoms with Gasteiger partial charge in [0.15, 0.2) is 22.8 Å². The monoisotopic (exact) mass is 542 g/mol. The van der Waals surface area contributed by atoms with Gasteiger partial charge in [0.1, 0.15) is 24.4 Å². The van der Waals surface area contributed by atoms with Crippen LogP contribution < -0.4 is 16.0 Å². The molecule has 5 N–H and O–H groups in total. The predicted molar refractivity (Wildman–Crippen MR) is 139 cm³/mol. The zero-order chi connectivity index (χ0) is 26.3. The Morgan fingerprint density at radius 3 is 2.73 bits per heavy atom. The first-order valence-corrected chi connectivity index (χ1v) is 12.2. The number of nitrogens with zero attached hydrogens (tertiary/aromatic N) is 5. The van der Waals surface area contributed by atoms with Crippen LogP contribution in [0.2, 0.25) is 10.0 Å². The number of rotatable bonds is 6. The van der Waals surface area contributed by atoms with E-state index in [0.717, 1.165) is 11.1 Å². The fraction of sp³-hybridized carbons (Fsp3) is 0.292. The number of aromatic nitrogens is 5. The summed E-state index contributed by atoms with van der Waals surface area (Å²) in [5.74, 6) is 0.293. The first-order chi connectivity index (χ1) is 17.8. The minimum atomic E-state index is -1.33. The van der Waals surface area contributed by atoms with Crippen LogP contribution in [0.4, 0.5) is 5.82 Å². The Kier molecular flexibility index (Phi) is 6.97. The largest absolute Gasteiger partial charge is 0.388 e. The van der Waals surface area contributed by atoms with Gasteiger partial charge in [0.05, 0.1) is 11.3 Å². The fourth-order valence-corrected chi connectivity index (χ4v) is 4.68. The number of carbonyl (C=O) groups is 1. The molecule has 1 saturated heterocycles. The number of hydrogen-bond acceptors (Lipinski definition) is 9. The van der Waals surface area contributed by atoms with Crippen molar-refractivity contribution in [1.82, 2.24) is 35.1 Å². The molecule has 1 fully saturated rings. The van der Waals surface area contributed by atoms with Crippen LogP contribution in [-0.4, -0.2) is 65.9 Å². The molecule has 0 spiro atoms. The number of nitrogens with one attached hydrogen (secondary N) is 3. The molecule has 192 valence electrons. The van der Waals surface area contributed by atoms with E-state index in [1.807, 2.05) is 25.1 Å². The van der Waals surface area contributed by atoms with E-state index in [9.17, 15) is 15.0 Å². The van der Waals surface area contributed by atoms with E-state index in [4.69, 9.17) is 23.2 Å². The summed E-state index contributed by atoms with van der Waals surface area (Å²) in [5.41, 5.74) is 3.30. The molecular weight excluding hydrogens is 519 g/mol. The Balaban J connectivity index is 1.59. The van der Waals surface area contributed by atoms with Crippen molar-refractivity contribution in [2.24, 2.45) is 0 Å². The average Bonchev–Trinajstić information content (AvgIpc) is 3.44. The molecule has 4 aromatic rings. The number of aryl methyl sites for hydroxylation is 1. The molecule has 0 unspecified atom stereocenters. The lowest BCUT2D eigenvalue weighted by Crippen LogP contribution is -2.45. The number of likely N-dealkylation sites (N-methyl/N-ethyl adjacent to an activating group) is 1. The average molecular weight is 543 g/mol. The minimum Gasteiger partial charge on any atom is -0.388 e. The fourth-order valence-electron chi connectivity index (χ4n) is 4.32. The van der Waals surface area contributed by atoms with Crippen molar-refractivity contribution in [1.29, 1.82) is 0 Å². The van der Waals surface area contributed by atoms with Gasteiger partial charge in [-0.3, -0.25) is 19.7 Å². The van der Waals surface area contributed by atoms with Gasteiger partial charge in [-0.2, -0.15) is 0 Å². The molecule has 4 atom stereocenters. The third-order valence-corrected chi connectivity index (χ3v) is 6.80. The predicted octanol–water partition coefficient (Wildman–Crippen LogP) is 2.05. The van der Waals surface area contributed by atoms with Crippen molar-refractivity contribution < 1.29 is 15.0 Å². The summed E-state index contributed by atoms with van der Waals surface area (Å²) in [7, 11) is 1.46. The molecule has 0 radical (unpaired) electrons. The molecule has 1 aromatic carbocycles. The van der Waals surface area contributed by atoms with Crippen LogP contribution in [0.25, 0.3) is 22.6 Å². The number of amides is 1. The topological polar surface area (TPSA) is 150 Å². The van der Waals surface area contributed by atoms with Crippen LogP contribution in [-0.2, 0) is 11.3 Å². The highest BCUT2D eigenvalue weighted by Gasteiger charge is 2.45. The van der Waals surface area contributed by atoms with Crippen molar-refractivity contribution in [3.63, 3.8) is 0 Å². The normalized spacial score (nSPS) is 21.4. The lowest BCUT2D eigenvalue weighted by atomic mass is 10.1. The number of aliphatic hydroxyl groups is 2. The third-order valence-electron chi connectivity index (χ3n) is 6.23. The summed E-state index contributed by atoms with van der Waals surface area (Å²) in [6.45, 7) is 2.35. The summed E-state index contributed by atoms with van der Waals surface area (Å²) < 4.78 is 1.57. The van der Waals surface area contributed by atoms with Crippen LogP contribution in [0.15, 0.2) is 43.0 Å². The molecule has 11 nitrogen and oxygen atoms in total. The van der Waals surface area contributed by atoms with Crippen LogP contribution in [0, 0.1) is 6.92 Å². The summed E-state index contributed by atoms with van der Waals surface area (Å²) in [5, 5.41) is 31.0. The molecule has 4 heterocycles. The Labute approximate surface area is 221 Å². The Morgan fingerprint density at radius 2 is 1.97 bits per heavy atom. The molecule has 0 bridgehead atoms. The van der Waals surface area contributed by atoms with Crippen molar-refractivity contribution in [2.45, 2.75) is 37.9 Å². The Morgan fingerprint density at radius 1 is 1.16 bits per heavy atom. The van der Waals surface area contributed by atoms with E-state index in [0.29, 0.717) is 45.0 Å². The van der Waals surface area contributed by atoms with Crippen molar-refractivity contribution in [3.8, 4) is 11.4 Å². The molecule has 13 heteroatoms. The number of hydrogen-bond donors (Lipinski definition) is 5. The maximum absolute atomic E-state index is 12.2. The molecular formula is C24H24Cl2N8O3. The van der Waals surface area contributed by atoms with Crippen LogP contribution in [0.3, 0.4) is 0 Å². The van der Waals surface area contributed by atoms with E-state index in [1.165, 1.54) is 19.6 Å². The number of halogens is 2. The number of carbonyl (C=O) groups excluding carboxylic acids is 1. The highest BCUT2D eigenvalue weighted by molar-refractivity contribution is 6.31. The summed E-state index contributed by atoms with van der Waals surface area (Å²) >= 11 is 12.5. The lowest BCUT2D eigenvalue weighted by Gasteiger charge is -2.18. The van der Waals surface area contributed by atoms with Crippen molar-refractivity contribution >= 4 is 46.1 Å². The summed E-state index contributed by atoms with van der Waals surface area (Å²) in [4.78, 5) is 30.2. The van der Waals surface area contributed by atoms with Crippen LogP contribution in [0.1, 0.15) is 17.3 Å². The molecule has 3 aromatic heterocycles. The standard InChI is InChI=1S/C24H24Cl2N8O3/c1-11-3-4-15(26)12(5-11)8-29-21-17-22(33-20(32-21)13-6-14(25)9-28-7-13)34(10-30-17)23-19(36)18(35)16(31-23)24(37)27-2/h3-7,9-10,16,18-19,23,31,35-36H,8H2,1-2H3,(H,27,37)(H,29,32,33)/t16-,18+,19+,23-/m0/s1. The van der Waals surface area contributed by atoms with E-state index in [2.05, 4.69) is 35.9 Å². The van der Waals surface area contributed by atoms with Gasteiger partial charge in [0, 0.05) is 36.6 Å². The zero-order valence-corrected chi connectivity index (χ0v) is 21.4. The summed E-state index contributed by atoms with van der Waals surface area (Å²) in [6, 6.07) is 6.42. The second-order valence-corrected chi connectivity index (χ2v) is 9.59. The number of imidazole rings is 1. The van der Waals surface area contributed by atoms with Gasteiger partial charge < -0.3 is 20.8 Å². The number of fused-ring (bicyclic) bond motifs is 1. The molecule has 1 aliphatic rings. The van der Waals surface area contributed by atoms with E-state index in [-0.39, 0.29) is 0 Å². The molecule has 37 heavy (non-hydrogen) atoms. The molecule has 5 rings (SSSR count). The highest BCUT2D eigenvalue weighted by Crippen LogP contribution is 2.31. The quantitative estimate of drug-likeness (QED) is 0.246. The van der Waals surface area contributed by atoms with Crippen molar-refractivity contribution in [2.75, 3.05) is 12.4 Å². The SMILES string of the molecule is CNC(=O)[C@H]1N[C@@H](n2cnc3c(NCc4cc(C)ccc4Cl)nc(-c4cncc(Cl)c4)nc32)[C@H](O)[C@@H]1O. The molecule has 0 aliphatic carbocycles. The van der Waals surface area contributed by atoms with Crippen LogP contribution >= 0.6 is 23.2 Å². The number of benzene rings is 1. The first kappa shape index (κ1) is 25.3. The maximum Gasteiger partial charge on any atom is 0.239 e. The molecule has 0 saturated carbocycles. The maximum atomic E-state index is 12.2. The lowest BCUT2D eigenvalue weighted by molar-refractivity contribution is -0.125. The second kappa shape index (κ2) is 10.2. The number of pyridine rings is 1. The van der Waals surface area contributed by atoms with E-state index < -0.39 is 30.3 Å².